The van der Waals surface area contributed by atoms with E-state index in [4.69, 9.17) is 10.5 Å². The van der Waals surface area contributed by atoms with E-state index in [0.29, 0.717) is 44.7 Å². The van der Waals surface area contributed by atoms with Crippen molar-refractivity contribution in [2.24, 2.45) is 17.6 Å². The van der Waals surface area contributed by atoms with Crippen LogP contribution >= 0.6 is 0 Å². The second kappa shape index (κ2) is 11.7. The van der Waals surface area contributed by atoms with Gasteiger partial charge in [-0.3, -0.25) is 14.9 Å². The number of likely N-dealkylation sites (tertiary alicyclic amines) is 1. The molecule has 11 heteroatoms. The maximum atomic E-state index is 11.3. The number of likely N-dealkylation sites (N-methyl/N-ethyl adjacent to an activating group) is 1. The topological polar surface area (TPSA) is 142 Å². The van der Waals surface area contributed by atoms with E-state index in [2.05, 4.69) is 22.9 Å². The van der Waals surface area contributed by atoms with Crippen molar-refractivity contribution in [3.63, 3.8) is 0 Å². The molecule has 0 bridgehead atoms. The lowest BCUT2D eigenvalue weighted by Gasteiger charge is -2.45. The van der Waals surface area contributed by atoms with Crippen molar-refractivity contribution in [1.29, 1.82) is 0 Å². The fourth-order valence-electron chi connectivity index (χ4n) is 5.84. The molecular weight excluding hydrogens is 490 g/mol. The number of rotatable bonds is 4. The van der Waals surface area contributed by atoms with Gasteiger partial charge in [0, 0.05) is 56.6 Å². The number of anilines is 1. The quantitative estimate of drug-likeness (QED) is 0.458. The van der Waals surface area contributed by atoms with Gasteiger partial charge in [0.05, 0.1) is 18.0 Å². The highest BCUT2D eigenvalue weighted by Crippen LogP contribution is 2.39. The summed E-state index contributed by atoms with van der Waals surface area (Å²) in [6.07, 6.45) is 2.71. The Morgan fingerprint density at radius 2 is 1.76 bits per heavy atom. The molecule has 38 heavy (non-hydrogen) atoms. The fourth-order valence-corrected chi connectivity index (χ4v) is 5.84. The Bertz CT molecular complexity index is 1170. The summed E-state index contributed by atoms with van der Waals surface area (Å²) in [5.41, 5.74) is 8.82. The molecule has 3 aliphatic rings. The van der Waals surface area contributed by atoms with Crippen molar-refractivity contribution >= 4 is 23.4 Å². The average Bonchev–Trinajstić information content (AvgIpc) is 2.92. The Hall–Kier alpha value is -3.86. The maximum absolute atomic E-state index is 11.3. The standard InChI is InChI=1S/C16H21NO3.C11H14N4O3/c1-17-9-12(16(18)19)6-11-7-13-10(8-14(11)17)4-3-5-15(13)20-2;12-11(16)14-7-5-13(6-8-14)9-1-3-10(4-2-9)15(17)18/h3-5,11-12,14H,6-9H2,1-2H3,(H,18,19);1-4H,5-8H2,(H2,12,16). The molecule has 2 fully saturated rings. The number of piperidine rings is 1. The molecule has 0 saturated carbocycles. The normalized spacial score (nSPS) is 22.8. The van der Waals surface area contributed by atoms with Gasteiger partial charge in [0.2, 0.25) is 0 Å². The number of piperazine rings is 1. The van der Waals surface area contributed by atoms with E-state index >= 15 is 0 Å². The van der Waals surface area contributed by atoms with Crippen LogP contribution in [-0.2, 0) is 17.6 Å². The number of nitrogens with two attached hydrogens (primary N) is 1. The van der Waals surface area contributed by atoms with Crippen LogP contribution in [0.4, 0.5) is 16.2 Å². The van der Waals surface area contributed by atoms with E-state index in [9.17, 15) is 24.8 Å². The van der Waals surface area contributed by atoms with Gasteiger partial charge in [-0.15, -0.1) is 0 Å². The number of carboxylic acid groups (broad SMARTS) is 1. The lowest BCUT2D eigenvalue weighted by molar-refractivity contribution is -0.384. The number of carbonyl (C=O) groups is 2. The van der Waals surface area contributed by atoms with Crippen molar-refractivity contribution in [2.75, 3.05) is 51.8 Å². The molecule has 2 heterocycles. The predicted octanol–water partition coefficient (Wildman–Crippen LogP) is 2.61. The van der Waals surface area contributed by atoms with E-state index in [1.807, 2.05) is 12.1 Å². The van der Waals surface area contributed by atoms with Crippen molar-refractivity contribution in [3.8, 4) is 5.75 Å². The first-order chi connectivity index (χ1) is 18.2. The molecule has 2 aliphatic heterocycles. The Morgan fingerprint density at radius 1 is 1.08 bits per heavy atom. The zero-order chi connectivity index (χ0) is 27.4. The lowest BCUT2D eigenvalue weighted by Crippen LogP contribution is -2.51. The number of aliphatic carboxylic acids is 1. The third-order valence-corrected chi connectivity index (χ3v) is 7.92. The highest BCUT2D eigenvalue weighted by molar-refractivity contribution is 5.72. The molecule has 2 aromatic rings. The highest BCUT2D eigenvalue weighted by Gasteiger charge is 2.40. The van der Waals surface area contributed by atoms with Crippen LogP contribution in [0.2, 0.25) is 0 Å². The summed E-state index contributed by atoms with van der Waals surface area (Å²) in [4.78, 5) is 38.3. The summed E-state index contributed by atoms with van der Waals surface area (Å²) >= 11 is 0. The number of nitrogens with zero attached hydrogens (tertiary/aromatic N) is 4. The largest absolute Gasteiger partial charge is 0.496 e. The number of nitro groups is 1. The third kappa shape index (κ3) is 5.99. The smallest absolute Gasteiger partial charge is 0.314 e. The molecule has 2 saturated heterocycles. The van der Waals surface area contributed by atoms with Crippen molar-refractivity contribution in [3.05, 3.63) is 63.7 Å². The molecule has 5 rings (SSSR count). The summed E-state index contributed by atoms with van der Waals surface area (Å²) < 4.78 is 5.46. The Kier molecular flexibility index (Phi) is 8.35. The molecule has 2 amide bonds. The molecule has 3 unspecified atom stereocenters. The number of methoxy groups -OCH3 is 1. The molecule has 0 radical (unpaired) electrons. The van der Waals surface area contributed by atoms with Gasteiger partial charge in [-0.1, -0.05) is 12.1 Å². The number of carbonyl (C=O) groups excluding carboxylic acids is 1. The monoisotopic (exact) mass is 525 g/mol. The first-order valence-electron chi connectivity index (χ1n) is 12.8. The van der Waals surface area contributed by atoms with Crippen LogP contribution in [0, 0.1) is 22.0 Å². The average molecular weight is 526 g/mol. The first-order valence-corrected chi connectivity index (χ1v) is 12.8. The van der Waals surface area contributed by atoms with Crippen LogP contribution in [0.1, 0.15) is 17.5 Å². The maximum Gasteiger partial charge on any atom is 0.314 e. The number of primary amides is 1. The molecular formula is C27H35N5O6. The van der Waals surface area contributed by atoms with Gasteiger partial charge in [0.25, 0.3) is 5.69 Å². The zero-order valence-corrected chi connectivity index (χ0v) is 21.8. The number of hydrogen-bond donors (Lipinski definition) is 2. The van der Waals surface area contributed by atoms with Gasteiger partial charge in [0.1, 0.15) is 5.75 Å². The Balaban J connectivity index is 0.000000178. The summed E-state index contributed by atoms with van der Waals surface area (Å²) in [5, 5.41) is 19.8. The second-order valence-corrected chi connectivity index (χ2v) is 10.1. The van der Waals surface area contributed by atoms with Crippen LogP contribution < -0.4 is 15.4 Å². The van der Waals surface area contributed by atoms with Crippen LogP contribution in [0.15, 0.2) is 42.5 Å². The molecule has 1 aliphatic carbocycles. The van der Waals surface area contributed by atoms with Gasteiger partial charge in [-0.25, -0.2) is 4.79 Å². The van der Waals surface area contributed by atoms with E-state index < -0.39 is 16.9 Å². The van der Waals surface area contributed by atoms with E-state index in [0.717, 1.165) is 30.7 Å². The number of urea groups is 1. The van der Waals surface area contributed by atoms with Crippen LogP contribution in [0.3, 0.4) is 0 Å². The zero-order valence-electron chi connectivity index (χ0n) is 21.8. The minimum absolute atomic E-state index is 0.0783. The Morgan fingerprint density at radius 3 is 2.34 bits per heavy atom. The van der Waals surface area contributed by atoms with Crippen molar-refractivity contribution in [2.45, 2.75) is 25.3 Å². The van der Waals surface area contributed by atoms with E-state index in [-0.39, 0.29) is 11.6 Å². The van der Waals surface area contributed by atoms with Gasteiger partial charge in [-0.2, -0.15) is 0 Å². The molecule has 0 aromatic heterocycles. The number of ether oxygens (including phenoxy) is 1. The first kappa shape index (κ1) is 27.2. The lowest BCUT2D eigenvalue weighted by atomic mass is 9.72. The SMILES string of the molecule is COc1cccc2c1CC1CC(C(=O)O)CN(C)C1C2.NC(=O)N1CCN(c2ccc([N+](=O)[O-])cc2)CC1. The van der Waals surface area contributed by atoms with Crippen molar-refractivity contribution < 1.29 is 24.4 Å². The van der Waals surface area contributed by atoms with E-state index in [1.54, 1.807) is 24.1 Å². The van der Waals surface area contributed by atoms with Gasteiger partial charge in [0.15, 0.2) is 0 Å². The molecule has 0 spiro atoms. The van der Waals surface area contributed by atoms with Crippen LogP contribution in [-0.4, -0.2) is 84.8 Å². The van der Waals surface area contributed by atoms with Crippen molar-refractivity contribution in [1.82, 2.24) is 9.80 Å². The summed E-state index contributed by atoms with van der Waals surface area (Å²) in [5.74, 6) is 0.457. The molecule has 3 N–H and O–H groups in total. The number of nitro benzene ring substituents is 1. The Labute approximate surface area is 221 Å². The third-order valence-electron chi connectivity index (χ3n) is 7.92. The van der Waals surface area contributed by atoms with E-state index in [1.165, 1.54) is 23.3 Å². The number of carboxylic acids is 1. The minimum atomic E-state index is -0.666. The van der Waals surface area contributed by atoms with Gasteiger partial charge >= 0.3 is 12.0 Å². The molecule has 204 valence electrons. The highest BCUT2D eigenvalue weighted by atomic mass is 16.6. The molecule has 2 aromatic carbocycles. The number of amides is 2. The number of fused-ring (bicyclic) bond motifs is 2. The fraction of sp³-hybridized carbons (Fsp3) is 0.481. The summed E-state index contributed by atoms with van der Waals surface area (Å²) in [6.45, 7) is 3.18. The molecule has 3 atom stereocenters. The predicted molar refractivity (Wildman–Crippen MR) is 143 cm³/mol. The van der Waals surface area contributed by atoms with Crippen LogP contribution in [0.5, 0.6) is 5.75 Å². The van der Waals surface area contributed by atoms with Gasteiger partial charge in [-0.05, 0) is 61.6 Å². The summed E-state index contributed by atoms with van der Waals surface area (Å²) in [6, 6.07) is 12.7. The number of hydrogen-bond acceptors (Lipinski definition) is 7. The minimum Gasteiger partial charge on any atom is -0.496 e. The number of non-ortho nitro benzene ring substituents is 1. The molecule has 11 nitrogen and oxygen atoms in total. The second-order valence-electron chi connectivity index (χ2n) is 10.1. The van der Waals surface area contributed by atoms with Crippen LogP contribution in [0.25, 0.3) is 0 Å². The summed E-state index contributed by atoms with van der Waals surface area (Å²) in [7, 11) is 3.76. The number of benzene rings is 2. The van der Waals surface area contributed by atoms with Gasteiger partial charge < -0.3 is 30.3 Å².